The minimum atomic E-state index is -0.662. The Morgan fingerprint density at radius 2 is 1.79 bits per heavy atom. The van der Waals surface area contributed by atoms with Crippen LogP contribution >= 0.6 is 0 Å². The van der Waals surface area contributed by atoms with Crippen molar-refractivity contribution in [3.05, 3.63) is 0 Å². The summed E-state index contributed by atoms with van der Waals surface area (Å²) in [7, 11) is 1.61. The average molecular weight is 202 g/mol. The van der Waals surface area contributed by atoms with Crippen LogP contribution in [-0.4, -0.2) is 24.7 Å². The maximum atomic E-state index is 11.0. The summed E-state index contributed by atoms with van der Waals surface area (Å²) in [5, 5.41) is 0. The van der Waals surface area contributed by atoms with Gasteiger partial charge in [-0.1, -0.05) is 13.8 Å². The minimum Gasteiger partial charge on any atom is -0.378 e. The molecule has 0 aromatic rings. The SMILES string of the molecule is COC(C)(C)C(C(C)C)[C@H](N)C(N)=O. The molecule has 0 aliphatic heterocycles. The van der Waals surface area contributed by atoms with Crippen LogP contribution in [0.4, 0.5) is 0 Å². The predicted molar refractivity (Wildman–Crippen MR) is 56.6 cm³/mol. The molecule has 0 saturated carbocycles. The van der Waals surface area contributed by atoms with Crippen LogP contribution in [0.5, 0.6) is 0 Å². The van der Waals surface area contributed by atoms with E-state index in [-0.39, 0.29) is 11.8 Å². The number of primary amides is 1. The third-order valence-corrected chi connectivity index (χ3v) is 2.76. The monoisotopic (exact) mass is 202 g/mol. The number of carbonyl (C=O) groups is 1. The summed E-state index contributed by atoms with van der Waals surface area (Å²) in [6.07, 6.45) is 0. The summed E-state index contributed by atoms with van der Waals surface area (Å²) >= 11 is 0. The van der Waals surface area contributed by atoms with Gasteiger partial charge in [-0.05, 0) is 19.8 Å². The van der Waals surface area contributed by atoms with E-state index < -0.39 is 17.6 Å². The van der Waals surface area contributed by atoms with Crippen molar-refractivity contribution in [1.82, 2.24) is 0 Å². The Morgan fingerprint density at radius 3 is 2.00 bits per heavy atom. The molecule has 1 amide bonds. The number of nitrogens with two attached hydrogens (primary N) is 2. The molecule has 0 saturated heterocycles. The highest BCUT2D eigenvalue weighted by Gasteiger charge is 2.38. The zero-order valence-electron chi connectivity index (χ0n) is 9.70. The molecule has 84 valence electrons. The standard InChI is InChI=1S/C10H22N2O2/c1-6(2)7(8(11)9(12)13)10(3,4)14-5/h6-8H,11H2,1-5H3,(H2,12,13)/t7?,8-/m0/s1. The van der Waals surface area contributed by atoms with E-state index in [2.05, 4.69) is 0 Å². The lowest BCUT2D eigenvalue weighted by Crippen LogP contribution is -2.53. The highest BCUT2D eigenvalue weighted by atomic mass is 16.5. The second kappa shape index (κ2) is 4.75. The first-order valence-electron chi connectivity index (χ1n) is 4.84. The quantitative estimate of drug-likeness (QED) is 0.681. The number of hydrogen-bond acceptors (Lipinski definition) is 3. The number of ether oxygens (including phenoxy) is 1. The van der Waals surface area contributed by atoms with E-state index >= 15 is 0 Å². The van der Waals surface area contributed by atoms with E-state index in [4.69, 9.17) is 16.2 Å². The minimum absolute atomic E-state index is 0.0787. The first-order valence-corrected chi connectivity index (χ1v) is 4.84. The van der Waals surface area contributed by atoms with Crippen molar-refractivity contribution in [2.24, 2.45) is 23.3 Å². The molecule has 0 aliphatic rings. The van der Waals surface area contributed by atoms with Crippen LogP contribution in [0.3, 0.4) is 0 Å². The summed E-state index contributed by atoms with van der Waals surface area (Å²) in [4.78, 5) is 11.0. The molecular formula is C10H22N2O2. The normalized spacial score (nSPS) is 16.8. The summed E-state index contributed by atoms with van der Waals surface area (Å²) in [6.45, 7) is 7.85. The fraction of sp³-hybridized carbons (Fsp3) is 0.900. The van der Waals surface area contributed by atoms with E-state index in [1.165, 1.54) is 0 Å². The third-order valence-electron chi connectivity index (χ3n) is 2.76. The van der Waals surface area contributed by atoms with Crippen LogP contribution < -0.4 is 11.5 Å². The highest BCUT2D eigenvalue weighted by molar-refractivity contribution is 5.80. The van der Waals surface area contributed by atoms with Gasteiger partial charge < -0.3 is 16.2 Å². The molecule has 0 aliphatic carbocycles. The predicted octanol–water partition coefficient (Wildman–Crippen LogP) is 0.496. The average Bonchev–Trinajstić information content (AvgIpc) is 2.03. The molecule has 0 aromatic heterocycles. The zero-order chi connectivity index (χ0) is 11.5. The molecule has 14 heavy (non-hydrogen) atoms. The number of rotatable bonds is 5. The Morgan fingerprint density at radius 1 is 1.36 bits per heavy atom. The van der Waals surface area contributed by atoms with Gasteiger partial charge in [-0.3, -0.25) is 4.79 Å². The summed E-state index contributed by atoms with van der Waals surface area (Å²) < 4.78 is 5.34. The van der Waals surface area contributed by atoms with Crippen LogP contribution in [-0.2, 0) is 9.53 Å². The topological polar surface area (TPSA) is 78.3 Å². The number of methoxy groups -OCH3 is 1. The fourth-order valence-corrected chi connectivity index (χ4v) is 1.96. The van der Waals surface area contributed by atoms with Crippen molar-refractivity contribution in [1.29, 1.82) is 0 Å². The van der Waals surface area contributed by atoms with Gasteiger partial charge in [-0.15, -0.1) is 0 Å². The van der Waals surface area contributed by atoms with Crippen molar-refractivity contribution < 1.29 is 9.53 Å². The molecule has 0 radical (unpaired) electrons. The highest BCUT2D eigenvalue weighted by Crippen LogP contribution is 2.29. The van der Waals surface area contributed by atoms with Crippen LogP contribution in [0.1, 0.15) is 27.7 Å². The summed E-state index contributed by atoms with van der Waals surface area (Å²) in [6, 6.07) is -0.662. The van der Waals surface area contributed by atoms with Crippen molar-refractivity contribution in [2.75, 3.05) is 7.11 Å². The maximum Gasteiger partial charge on any atom is 0.234 e. The Hall–Kier alpha value is -0.610. The Labute approximate surface area is 86.0 Å². The van der Waals surface area contributed by atoms with Gasteiger partial charge in [0.25, 0.3) is 0 Å². The van der Waals surface area contributed by atoms with Crippen molar-refractivity contribution >= 4 is 5.91 Å². The first kappa shape index (κ1) is 13.4. The van der Waals surface area contributed by atoms with Gasteiger partial charge in [0.2, 0.25) is 5.91 Å². The molecule has 1 unspecified atom stereocenters. The van der Waals surface area contributed by atoms with E-state index in [0.29, 0.717) is 0 Å². The first-order chi connectivity index (χ1) is 6.24. The van der Waals surface area contributed by atoms with E-state index in [1.54, 1.807) is 7.11 Å². The van der Waals surface area contributed by atoms with Gasteiger partial charge in [0, 0.05) is 13.0 Å². The summed E-state index contributed by atoms with van der Waals surface area (Å²) in [5.41, 5.74) is 10.5. The number of carbonyl (C=O) groups excluding carboxylic acids is 1. The van der Waals surface area contributed by atoms with Crippen LogP contribution in [0.2, 0.25) is 0 Å². The van der Waals surface area contributed by atoms with Crippen molar-refractivity contribution in [3.8, 4) is 0 Å². The third kappa shape index (κ3) is 2.96. The smallest absolute Gasteiger partial charge is 0.234 e. The number of hydrogen-bond donors (Lipinski definition) is 2. The van der Waals surface area contributed by atoms with Gasteiger partial charge in [0.1, 0.15) is 0 Å². The Balaban J connectivity index is 4.86. The fourth-order valence-electron chi connectivity index (χ4n) is 1.96. The lowest BCUT2D eigenvalue weighted by Gasteiger charge is -2.38. The molecule has 2 atom stereocenters. The van der Waals surface area contributed by atoms with E-state index in [1.807, 2.05) is 27.7 Å². The molecule has 0 heterocycles. The maximum absolute atomic E-state index is 11.0. The molecule has 4 N–H and O–H groups in total. The lowest BCUT2D eigenvalue weighted by molar-refractivity contribution is -0.125. The largest absolute Gasteiger partial charge is 0.378 e. The lowest BCUT2D eigenvalue weighted by atomic mass is 9.76. The van der Waals surface area contributed by atoms with Crippen molar-refractivity contribution in [2.45, 2.75) is 39.3 Å². The Bertz CT molecular complexity index is 202. The zero-order valence-corrected chi connectivity index (χ0v) is 9.70. The summed E-state index contributed by atoms with van der Waals surface area (Å²) in [5.74, 6) is -0.314. The van der Waals surface area contributed by atoms with E-state index in [0.717, 1.165) is 0 Å². The van der Waals surface area contributed by atoms with Gasteiger partial charge in [0.15, 0.2) is 0 Å². The molecule has 0 spiro atoms. The van der Waals surface area contributed by atoms with Crippen LogP contribution in [0.15, 0.2) is 0 Å². The van der Waals surface area contributed by atoms with Gasteiger partial charge >= 0.3 is 0 Å². The second-order valence-electron chi connectivity index (χ2n) is 4.51. The molecule has 0 rings (SSSR count). The van der Waals surface area contributed by atoms with Crippen LogP contribution in [0.25, 0.3) is 0 Å². The molecule has 0 fully saturated rings. The van der Waals surface area contributed by atoms with Gasteiger partial charge in [-0.25, -0.2) is 0 Å². The van der Waals surface area contributed by atoms with Crippen LogP contribution in [0, 0.1) is 11.8 Å². The van der Waals surface area contributed by atoms with Crippen molar-refractivity contribution in [3.63, 3.8) is 0 Å². The molecule has 0 aromatic carbocycles. The van der Waals surface area contributed by atoms with E-state index in [9.17, 15) is 4.79 Å². The molecular weight excluding hydrogens is 180 g/mol. The molecule has 0 bridgehead atoms. The molecule has 4 heteroatoms. The number of amides is 1. The molecule has 4 nitrogen and oxygen atoms in total. The van der Waals surface area contributed by atoms with Gasteiger partial charge in [0.05, 0.1) is 11.6 Å². The second-order valence-corrected chi connectivity index (χ2v) is 4.51. The van der Waals surface area contributed by atoms with Gasteiger partial charge in [-0.2, -0.15) is 0 Å². The Kier molecular flexibility index (Phi) is 4.55.